The van der Waals surface area contributed by atoms with E-state index in [1.165, 1.54) is 12.1 Å². The monoisotopic (exact) mass is 306 g/mol. The SMILES string of the molecule is O=c1[nH]/c(=C\c2ccc(O)cc2)c(=O)[nH]/c1=C\c1ccccc1. The molecule has 3 N–H and O–H groups in total. The number of rotatable bonds is 2. The highest BCUT2D eigenvalue weighted by molar-refractivity contribution is 5.50. The van der Waals surface area contributed by atoms with E-state index in [0.717, 1.165) is 5.56 Å². The van der Waals surface area contributed by atoms with E-state index in [2.05, 4.69) is 9.97 Å². The molecule has 5 nitrogen and oxygen atoms in total. The minimum Gasteiger partial charge on any atom is -0.508 e. The van der Waals surface area contributed by atoms with E-state index in [1.807, 2.05) is 30.3 Å². The second-order valence-corrected chi connectivity index (χ2v) is 5.03. The van der Waals surface area contributed by atoms with E-state index in [4.69, 9.17) is 0 Å². The zero-order valence-corrected chi connectivity index (χ0v) is 12.1. The Hall–Kier alpha value is -3.34. The second-order valence-electron chi connectivity index (χ2n) is 5.03. The summed E-state index contributed by atoms with van der Waals surface area (Å²) in [6, 6.07) is 15.6. The van der Waals surface area contributed by atoms with Crippen LogP contribution in [0.5, 0.6) is 5.75 Å². The number of hydrogen-bond donors (Lipinski definition) is 3. The molecule has 3 aromatic rings. The minimum absolute atomic E-state index is 0.136. The highest BCUT2D eigenvalue weighted by Gasteiger charge is 1.97. The van der Waals surface area contributed by atoms with Crippen molar-refractivity contribution in [1.82, 2.24) is 9.97 Å². The molecular formula is C18H14N2O3. The fourth-order valence-electron chi connectivity index (χ4n) is 2.15. The summed E-state index contributed by atoms with van der Waals surface area (Å²) in [6.45, 7) is 0. The predicted molar refractivity (Wildman–Crippen MR) is 88.6 cm³/mol. The molecule has 0 bridgehead atoms. The van der Waals surface area contributed by atoms with Crippen LogP contribution in [-0.4, -0.2) is 15.1 Å². The van der Waals surface area contributed by atoms with Gasteiger partial charge in [0.25, 0.3) is 11.1 Å². The summed E-state index contributed by atoms with van der Waals surface area (Å²) >= 11 is 0. The minimum atomic E-state index is -0.389. The van der Waals surface area contributed by atoms with Crippen LogP contribution in [0.2, 0.25) is 0 Å². The van der Waals surface area contributed by atoms with Gasteiger partial charge in [0.2, 0.25) is 0 Å². The summed E-state index contributed by atoms with van der Waals surface area (Å²) in [7, 11) is 0. The van der Waals surface area contributed by atoms with Crippen molar-refractivity contribution in [3.8, 4) is 5.75 Å². The number of aromatic amines is 2. The Kier molecular flexibility index (Phi) is 3.93. The van der Waals surface area contributed by atoms with Crippen LogP contribution in [0.3, 0.4) is 0 Å². The average molecular weight is 306 g/mol. The molecule has 0 radical (unpaired) electrons. The third kappa shape index (κ3) is 3.47. The van der Waals surface area contributed by atoms with Crippen LogP contribution >= 0.6 is 0 Å². The molecular weight excluding hydrogens is 292 g/mol. The Morgan fingerprint density at radius 2 is 1.17 bits per heavy atom. The molecule has 5 heteroatoms. The third-order valence-electron chi connectivity index (χ3n) is 3.30. The smallest absolute Gasteiger partial charge is 0.272 e. The molecule has 1 aromatic heterocycles. The molecule has 3 rings (SSSR count). The van der Waals surface area contributed by atoms with Crippen LogP contribution < -0.4 is 21.8 Å². The van der Waals surface area contributed by atoms with Gasteiger partial charge in [0, 0.05) is 0 Å². The summed E-state index contributed by atoms with van der Waals surface area (Å²) in [5, 5.41) is 9.61. The maximum atomic E-state index is 12.1. The average Bonchev–Trinajstić information content (AvgIpc) is 2.55. The lowest BCUT2D eigenvalue weighted by Crippen LogP contribution is -2.46. The molecule has 23 heavy (non-hydrogen) atoms. The van der Waals surface area contributed by atoms with Gasteiger partial charge in [0.05, 0.1) is 0 Å². The second kappa shape index (κ2) is 6.19. The topological polar surface area (TPSA) is 85.9 Å². The van der Waals surface area contributed by atoms with E-state index < -0.39 is 0 Å². The lowest BCUT2D eigenvalue weighted by atomic mass is 10.2. The molecule has 0 spiro atoms. The zero-order valence-electron chi connectivity index (χ0n) is 12.1. The van der Waals surface area contributed by atoms with Gasteiger partial charge >= 0.3 is 0 Å². The van der Waals surface area contributed by atoms with Gasteiger partial charge in [-0.05, 0) is 35.4 Å². The molecule has 0 aliphatic heterocycles. The highest BCUT2D eigenvalue weighted by atomic mass is 16.3. The molecule has 0 saturated carbocycles. The summed E-state index contributed by atoms with van der Waals surface area (Å²) in [5.41, 5.74) is 0.756. The number of nitrogens with one attached hydrogen (secondary N) is 2. The van der Waals surface area contributed by atoms with Crippen molar-refractivity contribution in [3.05, 3.63) is 97.1 Å². The van der Waals surface area contributed by atoms with Crippen molar-refractivity contribution in [2.24, 2.45) is 0 Å². The molecule has 0 aliphatic rings. The van der Waals surface area contributed by atoms with E-state index in [1.54, 1.807) is 24.3 Å². The Labute approximate surface area is 130 Å². The largest absolute Gasteiger partial charge is 0.508 e. The summed E-state index contributed by atoms with van der Waals surface area (Å²) < 4.78 is 0. The Balaban J connectivity index is 2.12. The van der Waals surface area contributed by atoms with Crippen molar-refractivity contribution in [2.75, 3.05) is 0 Å². The van der Waals surface area contributed by atoms with Crippen LogP contribution in [0.1, 0.15) is 11.1 Å². The van der Waals surface area contributed by atoms with Crippen molar-refractivity contribution < 1.29 is 5.11 Å². The molecule has 1 heterocycles. The first kappa shape index (κ1) is 14.6. The molecule has 0 unspecified atom stereocenters. The summed E-state index contributed by atoms with van der Waals surface area (Å²) in [5.74, 6) is 0.136. The summed E-state index contributed by atoms with van der Waals surface area (Å²) in [6.07, 6.45) is 3.16. The number of phenolic OH excluding ortho intramolecular Hbond substituents is 1. The Morgan fingerprint density at radius 3 is 1.70 bits per heavy atom. The van der Waals surface area contributed by atoms with Gasteiger partial charge in [-0.3, -0.25) is 9.59 Å². The molecule has 0 saturated heterocycles. The number of benzene rings is 2. The number of aromatic hydroxyl groups is 1. The van der Waals surface area contributed by atoms with E-state index in [9.17, 15) is 14.7 Å². The predicted octanol–water partition coefficient (Wildman–Crippen LogP) is 0.426. The fourth-order valence-corrected chi connectivity index (χ4v) is 2.15. The molecule has 0 atom stereocenters. The first-order chi connectivity index (χ1) is 11.1. The number of aromatic nitrogens is 2. The van der Waals surface area contributed by atoms with E-state index in [-0.39, 0.29) is 27.6 Å². The van der Waals surface area contributed by atoms with Gasteiger partial charge in [-0.1, -0.05) is 42.5 Å². The highest BCUT2D eigenvalue weighted by Crippen LogP contribution is 2.09. The van der Waals surface area contributed by atoms with Gasteiger partial charge < -0.3 is 15.1 Å². The molecule has 0 amide bonds. The van der Waals surface area contributed by atoms with Crippen LogP contribution in [-0.2, 0) is 0 Å². The van der Waals surface area contributed by atoms with E-state index in [0.29, 0.717) is 5.56 Å². The lowest BCUT2D eigenvalue weighted by molar-refractivity contribution is 0.475. The molecule has 114 valence electrons. The fraction of sp³-hybridized carbons (Fsp3) is 0. The number of H-pyrrole nitrogens is 2. The van der Waals surface area contributed by atoms with Gasteiger partial charge in [-0.25, -0.2) is 0 Å². The van der Waals surface area contributed by atoms with Crippen molar-refractivity contribution in [3.63, 3.8) is 0 Å². The van der Waals surface area contributed by atoms with Crippen LogP contribution in [0.15, 0.2) is 64.2 Å². The Bertz CT molecular complexity index is 1050. The van der Waals surface area contributed by atoms with Gasteiger partial charge in [0.15, 0.2) is 0 Å². The molecule has 0 aliphatic carbocycles. The Morgan fingerprint density at radius 1 is 0.696 bits per heavy atom. The lowest BCUT2D eigenvalue weighted by Gasteiger charge is -1.95. The first-order valence-corrected chi connectivity index (χ1v) is 7.02. The third-order valence-corrected chi connectivity index (χ3v) is 3.30. The van der Waals surface area contributed by atoms with Crippen molar-refractivity contribution in [1.29, 1.82) is 0 Å². The van der Waals surface area contributed by atoms with Crippen LogP contribution in [0, 0.1) is 0 Å². The zero-order chi connectivity index (χ0) is 16.2. The normalized spacial score (nSPS) is 12.5. The van der Waals surface area contributed by atoms with Crippen LogP contribution in [0.25, 0.3) is 12.2 Å². The molecule has 2 aromatic carbocycles. The van der Waals surface area contributed by atoms with Gasteiger partial charge in [0.1, 0.15) is 16.4 Å². The van der Waals surface area contributed by atoms with Crippen molar-refractivity contribution in [2.45, 2.75) is 0 Å². The van der Waals surface area contributed by atoms with Crippen LogP contribution in [0.4, 0.5) is 0 Å². The van der Waals surface area contributed by atoms with Gasteiger partial charge in [-0.15, -0.1) is 0 Å². The van der Waals surface area contributed by atoms with Gasteiger partial charge in [-0.2, -0.15) is 0 Å². The first-order valence-electron chi connectivity index (χ1n) is 7.02. The molecule has 0 fully saturated rings. The number of hydrogen-bond acceptors (Lipinski definition) is 3. The maximum Gasteiger partial charge on any atom is 0.272 e. The maximum absolute atomic E-state index is 12.1. The standard InChI is InChI=1S/C18H14N2O3/c21-14-8-6-13(7-9-14)11-16-18(23)19-15(17(22)20-16)10-12-4-2-1-3-5-12/h1-11,21H,(H,19,23)(H,20,22)/b15-10-,16-11-. The number of phenols is 1. The quantitative estimate of drug-likeness (QED) is 0.641. The van der Waals surface area contributed by atoms with E-state index >= 15 is 0 Å². The van der Waals surface area contributed by atoms with Crippen molar-refractivity contribution >= 4 is 12.2 Å². The summed E-state index contributed by atoms with van der Waals surface area (Å²) in [4.78, 5) is 29.4.